The van der Waals surface area contributed by atoms with E-state index in [1.165, 1.54) is 10.5 Å². The Morgan fingerprint density at radius 3 is 2.23 bits per heavy atom. The zero-order valence-electron chi connectivity index (χ0n) is 12.7. The molecule has 0 atom stereocenters. The van der Waals surface area contributed by atoms with Crippen molar-refractivity contribution in [3.8, 4) is 0 Å². The number of hydrogen-bond donors (Lipinski definition) is 0. The number of hydrogen-bond acceptors (Lipinski definition) is 3. The molecule has 0 saturated carbocycles. The van der Waals surface area contributed by atoms with Crippen LogP contribution in [0.5, 0.6) is 0 Å². The Morgan fingerprint density at radius 1 is 1.00 bits per heavy atom. The van der Waals surface area contributed by atoms with Crippen molar-refractivity contribution in [1.29, 1.82) is 0 Å². The third kappa shape index (κ3) is 5.16. The summed E-state index contributed by atoms with van der Waals surface area (Å²) in [5.41, 5.74) is 1.33. The predicted molar refractivity (Wildman–Crippen MR) is 95.4 cm³/mol. The SMILES string of the molecule is CC(C)c1ccc(SCC[Se]S(=O)(=O)c2ccccc2)cc1. The van der Waals surface area contributed by atoms with E-state index in [4.69, 9.17) is 0 Å². The van der Waals surface area contributed by atoms with Crippen LogP contribution in [0.15, 0.2) is 64.4 Å². The standard InChI is InChI=1S/C17H20O2S2Se/c1-14(2)15-8-10-16(11-9-15)20-12-13-22-21(18,19)17-6-4-3-5-7-17/h3-11,14H,12-13H2,1-2H3. The normalized spacial score (nSPS) is 11.8. The first-order valence-corrected chi connectivity index (χ1v) is 12.9. The van der Waals surface area contributed by atoms with Gasteiger partial charge < -0.3 is 0 Å². The van der Waals surface area contributed by atoms with E-state index in [0.29, 0.717) is 10.8 Å². The van der Waals surface area contributed by atoms with Crippen molar-refractivity contribution in [2.45, 2.75) is 34.9 Å². The molecule has 0 aliphatic rings. The van der Waals surface area contributed by atoms with Gasteiger partial charge in [0.05, 0.1) is 0 Å². The Labute approximate surface area is 142 Å². The Kier molecular flexibility index (Phi) is 6.57. The van der Waals surface area contributed by atoms with Crippen molar-refractivity contribution < 1.29 is 8.42 Å². The van der Waals surface area contributed by atoms with Gasteiger partial charge in [-0.15, -0.1) is 0 Å². The summed E-state index contributed by atoms with van der Waals surface area (Å²) in [5.74, 6) is 1.38. The van der Waals surface area contributed by atoms with Crippen LogP contribution < -0.4 is 0 Å². The molecule has 5 heteroatoms. The van der Waals surface area contributed by atoms with Crippen molar-refractivity contribution in [3.63, 3.8) is 0 Å². The molecule has 0 aliphatic carbocycles. The number of rotatable bonds is 7. The summed E-state index contributed by atoms with van der Waals surface area (Å²) in [5, 5.41) is 0.723. The summed E-state index contributed by atoms with van der Waals surface area (Å²) in [6.45, 7) is 4.36. The minimum absolute atomic E-state index is 0.404. The zero-order chi connectivity index (χ0) is 16.0. The van der Waals surface area contributed by atoms with Crippen LogP contribution in [0.4, 0.5) is 0 Å². The van der Waals surface area contributed by atoms with Crippen LogP contribution >= 0.6 is 11.8 Å². The van der Waals surface area contributed by atoms with E-state index in [-0.39, 0.29) is 0 Å². The molecule has 0 N–H and O–H groups in total. The van der Waals surface area contributed by atoms with E-state index in [1.807, 2.05) is 6.07 Å². The maximum atomic E-state index is 12.2. The van der Waals surface area contributed by atoms with E-state index in [0.717, 1.165) is 11.1 Å². The molecule has 118 valence electrons. The fourth-order valence-electron chi connectivity index (χ4n) is 1.91. The molecular weight excluding hydrogens is 379 g/mol. The summed E-state index contributed by atoms with van der Waals surface area (Å²) in [7, 11) is -3.08. The summed E-state index contributed by atoms with van der Waals surface area (Å²) >= 11 is 1.32. The summed E-state index contributed by atoms with van der Waals surface area (Å²) in [6, 6.07) is 17.3. The third-order valence-corrected chi connectivity index (χ3v) is 10.7. The van der Waals surface area contributed by atoms with Gasteiger partial charge in [-0.3, -0.25) is 0 Å². The van der Waals surface area contributed by atoms with E-state index in [1.54, 1.807) is 36.0 Å². The second-order valence-electron chi connectivity index (χ2n) is 5.16. The van der Waals surface area contributed by atoms with Crippen LogP contribution in [-0.2, 0) is 8.26 Å². The molecular formula is C17H20O2S2Se. The van der Waals surface area contributed by atoms with E-state index < -0.39 is 22.1 Å². The molecule has 0 spiro atoms. The Bertz CT molecular complexity index is 680. The van der Waals surface area contributed by atoms with Crippen molar-refractivity contribution in [2.24, 2.45) is 0 Å². The Balaban J connectivity index is 1.82. The first-order valence-electron chi connectivity index (χ1n) is 7.16. The molecule has 22 heavy (non-hydrogen) atoms. The monoisotopic (exact) mass is 400 g/mol. The van der Waals surface area contributed by atoms with E-state index >= 15 is 0 Å². The summed E-state index contributed by atoms with van der Waals surface area (Å²) < 4.78 is 24.4. The third-order valence-electron chi connectivity index (χ3n) is 3.17. The van der Waals surface area contributed by atoms with Gasteiger partial charge in [0.15, 0.2) is 0 Å². The second kappa shape index (κ2) is 8.21. The average molecular weight is 399 g/mol. The van der Waals surface area contributed by atoms with Crippen molar-refractivity contribution in [1.82, 2.24) is 0 Å². The summed E-state index contributed by atoms with van der Waals surface area (Å²) in [6.07, 6.45) is 0. The maximum absolute atomic E-state index is 12.2. The fraction of sp³-hybridized carbons (Fsp3) is 0.294. The molecule has 2 rings (SSSR count). The number of thioether (sulfide) groups is 1. The molecule has 0 unspecified atom stereocenters. The van der Waals surface area contributed by atoms with Crippen LogP contribution in [0.3, 0.4) is 0 Å². The molecule has 0 saturated heterocycles. The Hall–Kier alpha value is -0.741. The molecule has 2 aromatic carbocycles. The molecule has 0 heterocycles. The molecule has 0 fully saturated rings. The van der Waals surface area contributed by atoms with Gasteiger partial charge in [-0.05, 0) is 0 Å². The van der Waals surface area contributed by atoms with Crippen LogP contribution in [0.2, 0.25) is 5.32 Å². The van der Waals surface area contributed by atoms with Crippen molar-refractivity contribution in [3.05, 3.63) is 60.2 Å². The van der Waals surface area contributed by atoms with E-state index in [9.17, 15) is 8.42 Å². The van der Waals surface area contributed by atoms with Crippen LogP contribution in [-0.4, -0.2) is 28.0 Å². The molecule has 0 amide bonds. The second-order valence-corrected chi connectivity index (χ2v) is 13.0. The van der Waals surface area contributed by atoms with Gasteiger partial charge in [0.1, 0.15) is 0 Å². The number of benzene rings is 2. The fourth-order valence-corrected chi connectivity index (χ4v) is 8.42. The van der Waals surface area contributed by atoms with Crippen LogP contribution in [0.25, 0.3) is 0 Å². The molecule has 0 bridgehead atoms. The van der Waals surface area contributed by atoms with Gasteiger partial charge in [0, 0.05) is 0 Å². The predicted octanol–water partition coefficient (Wildman–Crippen LogP) is 4.41. The first-order chi connectivity index (χ1) is 10.5. The quantitative estimate of drug-likeness (QED) is 0.393. The molecule has 0 aliphatic heterocycles. The van der Waals surface area contributed by atoms with Gasteiger partial charge in [-0.1, -0.05) is 0 Å². The first kappa shape index (κ1) is 17.6. The zero-order valence-corrected chi connectivity index (χ0v) is 16.1. The Morgan fingerprint density at radius 2 is 1.64 bits per heavy atom. The minimum atomic E-state index is -3.08. The topological polar surface area (TPSA) is 34.1 Å². The van der Waals surface area contributed by atoms with E-state index in [2.05, 4.69) is 38.1 Å². The molecule has 2 aromatic rings. The molecule has 0 radical (unpaired) electrons. The van der Waals surface area contributed by atoms with Crippen LogP contribution in [0, 0.1) is 0 Å². The van der Waals surface area contributed by atoms with Gasteiger partial charge in [0.2, 0.25) is 0 Å². The van der Waals surface area contributed by atoms with Gasteiger partial charge in [-0.2, -0.15) is 0 Å². The van der Waals surface area contributed by atoms with Gasteiger partial charge in [0.25, 0.3) is 0 Å². The molecule has 2 nitrogen and oxygen atoms in total. The van der Waals surface area contributed by atoms with Crippen molar-refractivity contribution in [2.75, 3.05) is 5.75 Å². The average Bonchev–Trinajstić information content (AvgIpc) is 2.53. The van der Waals surface area contributed by atoms with Gasteiger partial charge in [-0.25, -0.2) is 0 Å². The van der Waals surface area contributed by atoms with Gasteiger partial charge >= 0.3 is 143 Å². The summed E-state index contributed by atoms with van der Waals surface area (Å²) in [4.78, 5) is 1.65. The van der Waals surface area contributed by atoms with Crippen molar-refractivity contribution >= 4 is 33.9 Å². The van der Waals surface area contributed by atoms with Crippen LogP contribution in [0.1, 0.15) is 25.3 Å². The molecule has 0 aromatic heterocycles.